The lowest BCUT2D eigenvalue weighted by Crippen LogP contribution is -1.94. The van der Waals surface area contributed by atoms with Crippen LogP contribution in [0.2, 0.25) is 0 Å². The first kappa shape index (κ1) is 13.3. The Morgan fingerprint density at radius 2 is 1.54 bits per heavy atom. The maximum Gasteiger partial charge on any atom is 0.0723 e. The predicted octanol–water partition coefficient (Wildman–Crippen LogP) is 5.46. The molecule has 0 aliphatic rings. The highest BCUT2D eigenvalue weighted by Crippen LogP contribution is 2.34. The molecule has 1 N–H and O–H groups in total. The summed E-state index contributed by atoms with van der Waals surface area (Å²) in [6.07, 6.45) is 2.92. The van der Waals surface area contributed by atoms with Crippen LogP contribution in [0.1, 0.15) is 11.3 Å². The van der Waals surface area contributed by atoms with Crippen LogP contribution >= 0.6 is 0 Å². The Labute approximate surface area is 139 Å². The van der Waals surface area contributed by atoms with Crippen LogP contribution in [-0.2, 0) is 6.42 Å². The second kappa shape index (κ2) is 5.20. The molecule has 2 nitrogen and oxygen atoms in total. The average molecular weight is 308 g/mol. The minimum atomic E-state index is 0.886. The number of hydrogen-bond acceptors (Lipinski definition) is 1. The normalized spacial score (nSPS) is 11.5. The third-order valence-electron chi connectivity index (χ3n) is 4.68. The van der Waals surface area contributed by atoms with Gasteiger partial charge < -0.3 is 4.98 Å². The number of hydrogen-bond donors (Lipinski definition) is 1. The Morgan fingerprint density at radius 3 is 2.46 bits per heavy atom. The van der Waals surface area contributed by atoms with E-state index < -0.39 is 0 Å². The molecule has 0 saturated carbocycles. The second-order valence-electron chi connectivity index (χ2n) is 6.17. The summed E-state index contributed by atoms with van der Waals surface area (Å²) in [6.45, 7) is 0. The number of pyridine rings is 1. The van der Waals surface area contributed by atoms with Crippen molar-refractivity contribution in [3.8, 4) is 0 Å². The van der Waals surface area contributed by atoms with Crippen molar-refractivity contribution < 1.29 is 0 Å². The molecule has 0 atom stereocenters. The molecule has 3 aromatic carbocycles. The Kier molecular flexibility index (Phi) is 2.89. The van der Waals surface area contributed by atoms with E-state index in [4.69, 9.17) is 4.98 Å². The summed E-state index contributed by atoms with van der Waals surface area (Å²) in [7, 11) is 0. The highest BCUT2D eigenvalue weighted by molar-refractivity contribution is 6.20. The molecule has 24 heavy (non-hydrogen) atoms. The van der Waals surface area contributed by atoms with Crippen LogP contribution in [0.15, 0.2) is 79.0 Å². The van der Waals surface area contributed by atoms with Crippen LogP contribution in [0.4, 0.5) is 0 Å². The van der Waals surface area contributed by atoms with E-state index >= 15 is 0 Å². The van der Waals surface area contributed by atoms with Crippen molar-refractivity contribution in [3.05, 3.63) is 90.3 Å². The Balaban J connectivity index is 1.87. The molecular formula is C22H16N2. The molecule has 0 fully saturated rings. The topological polar surface area (TPSA) is 28.7 Å². The number of fused-ring (bicyclic) bond motifs is 5. The van der Waals surface area contributed by atoms with Gasteiger partial charge in [-0.3, -0.25) is 0 Å². The van der Waals surface area contributed by atoms with Crippen LogP contribution < -0.4 is 0 Å². The summed E-state index contributed by atoms with van der Waals surface area (Å²) in [5, 5.41) is 5.02. The number of rotatable bonds is 2. The molecule has 0 bridgehead atoms. The summed E-state index contributed by atoms with van der Waals surface area (Å²) in [5.41, 5.74) is 4.68. The van der Waals surface area contributed by atoms with Crippen molar-refractivity contribution in [3.63, 3.8) is 0 Å². The van der Waals surface area contributed by atoms with E-state index in [1.807, 2.05) is 12.3 Å². The fourth-order valence-corrected chi connectivity index (χ4v) is 3.59. The van der Waals surface area contributed by atoms with Crippen molar-refractivity contribution in [2.75, 3.05) is 0 Å². The number of benzene rings is 3. The van der Waals surface area contributed by atoms with Crippen LogP contribution in [0.3, 0.4) is 0 Å². The fraction of sp³-hybridized carbons (Fsp3) is 0.0455. The minimum absolute atomic E-state index is 0.886. The molecule has 0 unspecified atom stereocenters. The van der Waals surface area contributed by atoms with E-state index in [-0.39, 0.29) is 0 Å². The summed E-state index contributed by atoms with van der Waals surface area (Å²) in [4.78, 5) is 8.28. The van der Waals surface area contributed by atoms with Gasteiger partial charge in [-0.1, -0.05) is 54.6 Å². The summed E-state index contributed by atoms with van der Waals surface area (Å²) in [6, 6.07) is 25.4. The van der Waals surface area contributed by atoms with Gasteiger partial charge in [0, 0.05) is 34.5 Å². The van der Waals surface area contributed by atoms with Gasteiger partial charge in [0.2, 0.25) is 0 Å². The van der Waals surface area contributed by atoms with Crippen LogP contribution in [0.5, 0.6) is 0 Å². The van der Waals surface area contributed by atoms with E-state index in [1.54, 1.807) is 0 Å². The van der Waals surface area contributed by atoms with E-state index in [9.17, 15) is 0 Å². The summed E-state index contributed by atoms with van der Waals surface area (Å²) in [5.74, 6) is 0. The Hall–Kier alpha value is -3.13. The number of aromatic nitrogens is 2. The van der Waals surface area contributed by atoms with E-state index in [0.717, 1.165) is 17.5 Å². The Morgan fingerprint density at radius 1 is 0.708 bits per heavy atom. The van der Waals surface area contributed by atoms with Crippen molar-refractivity contribution in [1.29, 1.82) is 0 Å². The highest BCUT2D eigenvalue weighted by atomic mass is 14.7. The molecule has 0 saturated heterocycles. The van der Waals surface area contributed by atoms with Gasteiger partial charge in [-0.05, 0) is 29.1 Å². The zero-order valence-electron chi connectivity index (χ0n) is 13.2. The quantitative estimate of drug-likeness (QED) is 0.461. The lowest BCUT2D eigenvalue weighted by molar-refractivity contribution is 1.10. The molecule has 5 aromatic rings. The van der Waals surface area contributed by atoms with E-state index in [2.05, 4.69) is 71.7 Å². The van der Waals surface area contributed by atoms with Gasteiger partial charge in [-0.2, -0.15) is 0 Å². The molecule has 2 heteroatoms. The standard InChI is InChI=1S/C22H16N2/c1-2-6-15(7-3-1)14-20-21-16(12-13-23-20)10-11-19-22(21)17-8-4-5-9-18(17)24-19/h1-13,23H,14H2. The van der Waals surface area contributed by atoms with Gasteiger partial charge in [0.15, 0.2) is 0 Å². The van der Waals surface area contributed by atoms with Crippen LogP contribution in [0, 0.1) is 0 Å². The van der Waals surface area contributed by atoms with Crippen molar-refractivity contribution in [2.24, 2.45) is 0 Å². The molecule has 0 radical (unpaired) electrons. The van der Waals surface area contributed by atoms with Gasteiger partial charge in [0.25, 0.3) is 0 Å². The van der Waals surface area contributed by atoms with Gasteiger partial charge in [-0.15, -0.1) is 0 Å². The minimum Gasteiger partial charge on any atom is -0.364 e. The third-order valence-corrected chi connectivity index (χ3v) is 4.68. The SMILES string of the molecule is c1ccc(Cc2[nH]ccc3ccc4nc5ccccc5c4c23)cc1. The number of H-pyrrole nitrogens is 1. The molecule has 0 spiro atoms. The summed E-state index contributed by atoms with van der Waals surface area (Å²) >= 11 is 0. The number of para-hydroxylation sites is 1. The van der Waals surface area contributed by atoms with Gasteiger partial charge in [0.1, 0.15) is 0 Å². The first-order valence-corrected chi connectivity index (χ1v) is 8.21. The highest BCUT2D eigenvalue weighted by Gasteiger charge is 2.12. The third kappa shape index (κ3) is 2.00. The Bertz CT molecular complexity index is 1170. The fourth-order valence-electron chi connectivity index (χ4n) is 3.59. The number of nitrogens with zero attached hydrogens (tertiary/aromatic N) is 1. The molecular weight excluding hydrogens is 292 g/mol. The first-order chi connectivity index (χ1) is 11.9. The monoisotopic (exact) mass is 308 g/mol. The van der Waals surface area contributed by atoms with Crippen molar-refractivity contribution in [2.45, 2.75) is 6.42 Å². The van der Waals surface area contributed by atoms with Crippen molar-refractivity contribution >= 4 is 32.6 Å². The second-order valence-corrected chi connectivity index (χ2v) is 6.17. The molecule has 0 aliphatic heterocycles. The average Bonchev–Trinajstić information content (AvgIpc) is 3.01. The van der Waals surface area contributed by atoms with E-state index in [0.29, 0.717) is 0 Å². The number of nitrogens with one attached hydrogen (secondary N) is 1. The van der Waals surface area contributed by atoms with Crippen molar-refractivity contribution in [1.82, 2.24) is 9.97 Å². The van der Waals surface area contributed by atoms with Gasteiger partial charge >= 0.3 is 0 Å². The lowest BCUT2D eigenvalue weighted by atomic mass is 9.99. The first-order valence-electron chi connectivity index (χ1n) is 8.21. The zero-order chi connectivity index (χ0) is 15.9. The smallest absolute Gasteiger partial charge is 0.0723 e. The molecule has 2 aromatic heterocycles. The van der Waals surface area contributed by atoms with E-state index in [1.165, 1.54) is 32.8 Å². The maximum absolute atomic E-state index is 4.80. The lowest BCUT2D eigenvalue weighted by Gasteiger charge is -2.09. The number of aromatic amines is 1. The maximum atomic E-state index is 4.80. The predicted molar refractivity (Wildman–Crippen MR) is 100 cm³/mol. The van der Waals surface area contributed by atoms with Crippen LogP contribution in [-0.4, -0.2) is 9.97 Å². The molecule has 2 heterocycles. The van der Waals surface area contributed by atoms with Gasteiger partial charge in [-0.25, -0.2) is 4.98 Å². The largest absolute Gasteiger partial charge is 0.364 e. The molecule has 114 valence electrons. The zero-order valence-corrected chi connectivity index (χ0v) is 13.2. The molecule has 5 rings (SSSR count). The molecule has 0 amide bonds. The molecule has 0 aliphatic carbocycles. The van der Waals surface area contributed by atoms with Crippen LogP contribution in [0.25, 0.3) is 32.6 Å². The van der Waals surface area contributed by atoms with Gasteiger partial charge in [0.05, 0.1) is 11.0 Å². The summed E-state index contributed by atoms with van der Waals surface area (Å²) < 4.78 is 0.